The van der Waals surface area contributed by atoms with Crippen molar-refractivity contribution in [1.29, 1.82) is 0 Å². The van der Waals surface area contributed by atoms with Gasteiger partial charge in [0.15, 0.2) is 0 Å². The molecule has 0 spiro atoms. The van der Waals surface area contributed by atoms with E-state index in [4.69, 9.17) is 5.53 Å². The van der Waals surface area contributed by atoms with E-state index in [-0.39, 0.29) is 24.8 Å². The summed E-state index contributed by atoms with van der Waals surface area (Å²) in [5.74, 6) is 1.28. The second-order valence-electron chi connectivity index (χ2n) is 3.43. The van der Waals surface area contributed by atoms with Crippen molar-refractivity contribution in [3.05, 3.63) is 5.53 Å². The summed E-state index contributed by atoms with van der Waals surface area (Å²) in [5, 5.41) is 0. The van der Waals surface area contributed by atoms with Gasteiger partial charge in [0.25, 0.3) is 5.71 Å². The maximum Gasteiger partial charge on any atom is 0.274 e. The average Bonchev–Trinajstić information content (AvgIpc) is 2.19. The maximum atomic E-state index is 8.66. The molecule has 0 aromatic carbocycles. The highest BCUT2D eigenvalue weighted by molar-refractivity contribution is 5.86. The van der Waals surface area contributed by atoms with Crippen LogP contribution in [-0.2, 0) is 0 Å². The lowest BCUT2D eigenvalue weighted by atomic mass is 9.87. The smallest absolute Gasteiger partial charge is 0.274 e. The molecule has 2 nitrogen and oxygen atoms in total. The van der Waals surface area contributed by atoms with Crippen LogP contribution in [0.4, 0.5) is 0 Å². The summed E-state index contributed by atoms with van der Waals surface area (Å²) in [7, 11) is 0. The van der Waals surface area contributed by atoms with Crippen LogP contribution >= 0.6 is 24.8 Å². The average molecular weight is 209 g/mol. The predicted molar refractivity (Wildman–Crippen MR) is 53.2 cm³/mol. The van der Waals surface area contributed by atoms with E-state index in [1.165, 1.54) is 32.1 Å². The van der Waals surface area contributed by atoms with Crippen molar-refractivity contribution >= 4 is 30.5 Å². The van der Waals surface area contributed by atoms with Crippen LogP contribution in [0.15, 0.2) is 0 Å². The second-order valence-corrected chi connectivity index (χ2v) is 3.43. The van der Waals surface area contributed by atoms with Crippen LogP contribution in [0.1, 0.15) is 32.1 Å². The van der Waals surface area contributed by atoms with E-state index in [1.54, 1.807) is 0 Å². The Kier molecular flexibility index (Phi) is 4.84. The van der Waals surface area contributed by atoms with E-state index in [0.717, 1.165) is 5.71 Å². The summed E-state index contributed by atoms with van der Waals surface area (Å²) in [5.41, 5.74) is 9.76. The van der Waals surface area contributed by atoms with E-state index < -0.39 is 0 Å². The molecule has 0 N–H and O–H groups in total. The van der Waals surface area contributed by atoms with E-state index in [2.05, 4.69) is 4.79 Å². The van der Waals surface area contributed by atoms with Crippen LogP contribution in [0, 0.1) is 11.8 Å². The van der Waals surface area contributed by atoms with Crippen molar-refractivity contribution < 1.29 is 4.79 Å². The van der Waals surface area contributed by atoms with E-state index in [0.29, 0.717) is 11.8 Å². The minimum absolute atomic E-state index is 0. The Hall–Kier alpha value is -0.0400. The van der Waals surface area contributed by atoms with Gasteiger partial charge in [-0.3, -0.25) is 0 Å². The summed E-state index contributed by atoms with van der Waals surface area (Å²) in [6.45, 7) is 0. The fourth-order valence-electron chi connectivity index (χ4n) is 2.39. The molecule has 0 radical (unpaired) electrons. The van der Waals surface area contributed by atoms with Gasteiger partial charge in [-0.05, 0) is 25.7 Å². The van der Waals surface area contributed by atoms with Gasteiger partial charge >= 0.3 is 0 Å². The Morgan fingerprint density at radius 1 is 1.00 bits per heavy atom. The molecule has 0 saturated heterocycles. The van der Waals surface area contributed by atoms with Crippen LogP contribution in [0.25, 0.3) is 5.53 Å². The zero-order valence-corrected chi connectivity index (χ0v) is 8.53. The number of rotatable bonds is 0. The van der Waals surface area contributed by atoms with Gasteiger partial charge in [-0.1, -0.05) is 6.42 Å². The van der Waals surface area contributed by atoms with Crippen molar-refractivity contribution in [2.24, 2.45) is 11.8 Å². The lowest BCUT2D eigenvalue weighted by Crippen LogP contribution is -2.20. The number of halogens is 2. The fourth-order valence-corrected chi connectivity index (χ4v) is 2.39. The van der Waals surface area contributed by atoms with Gasteiger partial charge in [-0.25, -0.2) is 0 Å². The normalized spacial score (nSPS) is 31.5. The molecule has 0 aliphatic heterocycles. The zero-order valence-electron chi connectivity index (χ0n) is 6.90. The SMILES string of the molecule is Cl.Cl.[N-]=[N+]=C1C2CCCC1CC2. The first-order valence-electron chi connectivity index (χ1n) is 4.13. The third-order valence-electron chi connectivity index (χ3n) is 2.92. The van der Waals surface area contributed by atoms with Crippen molar-refractivity contribution in [2.45, 2.75) is 32.1 Å². The minimum Gasteiger partial charge on any atom is -0.362 e. The molecular weight excluding hydrogens is 195 g/mol. The summed E-state index contributed by atoms with van der Waals surface area (Å²) in [4.78, 5) is 3.39. The van der Waals surface area contributed by atoms with Crippen LogP contribution in [-0.4, -0.2) is 10.5 Å². The molecule has 0 aromatic rings. The molecule has 0 aromatic heterocycles. The Labute approximate surface area is 85.2 Å². The first-order valence-corrected chi connectivity index (χ1v) is 4.13. The molecule has 0 heterocycles. The first kappa shape index (κ1) is 12.0. The molecule has 70 valence electrons. The van der Waals surface area contributed by atoms with E-state index >= 15 is 0 Å². The summed E-state index contributed by atoms with van der Waals surface area (Å²) < 4.78 is 0. The van der Waals surface area contributed by atoms with Crippen molar-refractivity contribution in [3.8, 4) is 0 Å². The molecule has 12 heavy (non-hydrogen) atoms. The van der Waals surface area contributed by atoms with Crippen molar-refractivity contribution in [1.82, 2.24) is 0 Å². The highest BCUT2D eigenvalue weighted by Gasteiger charge is 2.41. The highest BCUT2D eigenvalue weighted by Crippen LogP contribution is 2.38. The Bertz CT molecular complexity index is 181. The summed E-state index contributed by atoms with van der Waals surface area (Å²) in [6.07, 6.45) is 6.40. The minimum atomic E-state index is 0. The van der Waals surface area contributed by atoms with E-state index in [9.17, 15) is 0 Å². The molecule has 2 rings (SSSR count). The van der Waals surface area contributed by atoms with Gasteiger partial charge in [0.05, 0.1) is 11.8 Å². The lowest BCUT2D eigenvalue weighted by molar-refractivity contribution is -0.0199. The Balaban J connectivity index is 0.000000605. The van der Waals surface area contributed by atoms with Gasteiger partial charge in [-0.15, -0.1) is 24.8 Å². The monoisotopic (exact) mass is 208 g/mol. The van der Waals surface area contributed by atoms with Crippen molar-refractivity contribution in [2.75, 3.05) is 0 Å². The Morgan fingerprint density at radius 3 is 1.83 bits per heavy atom. The standard InChI is InChI=1S/C8H12N2.2ClH/c9-10-8-6-2-1-3-7(8)5-4-6;;/h6-7H,1-5H2;2*1H. The van der Waals surface area contributed by atoms with Gasteiger partial charge in [-0.2, -0.15) is 4.79 Å². The lowest BCUT2D eigenvalue weighted by Gasteiger charge is -2.12. The summed E-state index contributed by atoms with van der Waals surface area (Å²) >= 11 is 0. The number of hydrogen-bond donors (Lipinski definition) is 0. The van der Waals surface area contributed by atoms with Crippen LogP contribution in [0.3, 0.4) is 0 Å². The molecule has 0 amide bonds. The van der Waals surface area contributed by atoms with Gasteiger partial charge < -0.3 is 5.53 Å². The molecular formula is C8H14Cl2N2. The Morgan fingerprint density at radius 2 is 1.50 bits per heavy atom. The van der Waals surface area contributed by atoms with Crippen LogP contribution < -0.4 is 0 Å². The van der Waals surface area contributed by atoms with Crippen LogP contribution in [0.2, 0.25) is 0 Å². The molecule has 2 fully saturated rings. The number of nitrogens with zero attached hydrogens (tertiary/aromatic N) is 2. The number of hydrogen-bond acceptors (Lipinski definition) is 0. The molecule has 4 heteroatoms. The fraction of sp³-hybridized carbons (Fsp3) is 0.875. The topological polar surface area (TPSA) is 36.4 Å². The van der Waals surface area contributed by atoms with Gasteiger partial charge in [0, 0.05) is 0 Å². The maximum absolute atomic E-state index is 8.66. The van der Waals surface area contributed by atoms with Crippen molar-refractivity contribution in [3.63, 3.8) is 0 Å². The molecule has 2 saturated carbocycles. The zero-order chi connectivity index (χ0) is 6.97. The molecule has 2 atom stereocenters. The largest absolute Gasteiger partial charge is 0.362 e. The molecule has 2 aliphatic rings. The molecule has 2 bridgehead atoms. The third kappa shape index (κ3) is 1.82. The second kappa shape index (κ2) is 4.86. The first-order chi connectivity index (χ1) is 4.92. The third-order valence-corrected chi connectivity index (χ3v) is 2.92. The highest BCUT2D eigenvalue weighted by atomic mass is 35.5. The van der Waals surface area contributed by atoms with Crippen LogP contribution in [0.5, 0.6) is 0 Å². The predicted octanol–water partition coefficient (Wildman–Crippen LogP) is 2.71. The summed E-state index contributed by atoms with van der Waals surface area (Å²) in [6, 6.07) is 0. The van der Waals surface area contributed by atoms with Gasteiger partial charge in [0.2, 0.25) is 0 Å². The molecule has 2 aliphatic carbocycles. The molecule has 2 unspecified atom stereocenters. The number of fused-ring (bicyclic) bond motifs is 2. The van der Waals surface area contributed by atoms with Gasteiger partial charge in [0.1, 0.15) is 0 Å². The quantitative estimate of drug-likeness (QED) is 0.434. The van der Waals surface area contributed by atoms with E-state index in [1.807, 2.05) is 0 Å².